The second-order valence-electron chi connectivity index (χ2n) is 11.2. The van der Waals surface area contributed by atoms with Crippen molar-refractivity contribution in [2.75, 3.05) is 0 Å². The van der Waals surface area contributed by atoms with Gasteiger partial charge >= 0.3 is 6.18 Å². The van der Waals surface area contributed by atoms with Crippen LogP contribution in [-0.2, 0) is 21.4 Å². The molecule has 0 spiro atoms. The van der Waals surface area contributed by atoms with Crippen molar-refractivity contribution in [1.29, 1.82) is 0 Å². The number of sulfone groups is 1. The molecule has 1 N–H and O–H groups in total. The average molecular weight is 514 g/mol. The van der Waals surface area contributed by atoms with E-state index in [2.05, 4.69) is 10.4 Å². The molecule has 1 aromatic carbocycles. The van der Waals surface area contributed by atoms with Crippen LogP contribution in [0.4, 0.5) is 13.2 Å². The highest BCUT2D eigenvalue weighted by Crippen LogP contribution is 2.44. The van der Waals surface area contributed by atoms with E-state index in [1.54, 1.807) is 10.7 Å². The van der Waals surface area contributed by atoms with Crippen molar-refractivity contribution in [3.8, 4) is 0 Å². The third kappa shape index (κ3) is 5.27. The lowest BCUT2D eigenvalue weighted by atomic mass is 9.73. The summed E-state index contributed by atoms with van der Waals surface area (Å²) in [4.78, 5) is 12.7. The Morgan fingerprint density at radius 1 is 1.09 bits per heavy atom. The van der Waals surface area contributed by atoms with Crippen molar-refractivity contribution in [3.05, 3.63) is 47.3 Å². The van der Waals surface area contributed by atoms with Gasteiger partial charge in [0, 0.05) is 17.5 Å². The molecule has 0 bridgehead atoms. The highest BCUT2D eigenvalue weighted by molar-refractivity contribution is 7.92. The summed E-state index contributed by atoms with van der Waals surface area (Å²) >= 11 is 0. The standard InChI is InChI=1S/C25H34F3N3O3S/c1-15(2)31-20(14-21(30-31)23(3,4)5)22(32)29-18-11-17(12-18)24(6,7)35(33,34)19-10-8-9-16(13-19)25(26,27)28/h8-10,13-15,17-18H,11-12H2,1-7H3,(H,29,32)/t17-,18+. The zero-order valence-corrected chi connectivity index (χ0v) is 22.0. The second-order valence-corrected chi connectivity index (χ2v) is 13.7. The molecule has 1 fully saturated rings. The van der Waals surface area contributed by atoms with Crippen LogP contribution in [0.2, 0.25) is 0 Å². The van der Waals surface area contributed by atoms with Crippen molar-refractivity contribution in [2.24, 2.45) is 5.92 Å². The van der Waals surface area contributed by atoms with Crippen molar-refractivity contribution in [2.45, 2.75) is 94.6 Å². The smallest absolute Gasteiger partial charge is 0.348 e. The van der Waals surface area contributed by atoms with Gasteiger partial charge in [0.25, 0.3) is 5.91 Å². The molecule has 0 saturated heterocycles. The number of carbonyl (C=O) groups excluding carboxylic acids is 1. The molecular weight excluding hydrogens is 479 g/mol. The minimum Gasteiger partial charge on any atom is -0.348 e. The van der Waals surface area contributed by atoms with Gasteiger partial charge in [0.05, 0.1) is 20.9 Å². The van der Waals surface area contributed by atoms with Crippen LogP contribution < -0.4 is 5.32 Å². The highest BCUT2D eigenvalue weighted by Gasteiger charge is 2.49. The fraction of sp³-hybridized carbons (Fsp3) is 0.600. The molecule has 1 aliphatic rings. The third-order valence-electron chi connectivity index (χ3n) is 6.85. The van der Waals surface area contributed by atoms with E-state index in [-0.39, 0.29) is 34.2 Å². The first kappa shape index (κ1) is 27.2. The van der Waals surface area contributed by atoms with E-state index < -0.39 is 26.3 Å². The Balaban J connectivity index is 1.73. The van der Waals surface area contributed by atoms with E-state index in [9.17, 15) is 26.4 Å². The van der Waals surface area contributed by atoms with E-state index in [0.717, 1.165) is 17.8 Å². The van der Waals surface area contributed by atoms with E-state index in [4.69, 9.17) is 0 Å². The van der Waals surface area contributed by atoms with Gasteiger partial charge in [0.15, 0.2) is 9.84 Å². The molecule has 35 heavy (non-hydrogen) atoms. The maximum absolute atomic E-state index is 13.3. The van der Waals surface area contributed by atoms with Gasteiger partial charge in [0.2, 0.25) is 0 Å². The van der Waals surface area contributed by atoms with Gasteiger partial charge in [-0.3, -0.25) is 9.48 Å². The number of halogens is 3. The number of alkyl halides is 3. The predicted molar refractivity (Wildman–Crippen MR) is 128 cm³/mol. The Kier molecular flexibility index (Phi) is 6.96. The quantitative estimate of drug-likeness (QED) is 0.550. The van der Waals surface area contributed by atoms with Crippen LogP contribution in [0.3, 0.4) is 0 Å². The van der Waals surface area contributed by atoms with Gasteiger partial charge in [-0.1, -0.05) is 26.8 Å². The fourth-order valence-electron chi connectivity index (χ4n) is 4.25. The molecule has 0 unspecified atom stereocenters. The summed E-state index contributed by atoms with van der Waals surface area (Å²) in [6, 6.07) is 5.40. The van der Waals surface area contributed by atoms with Crippen LogP contribution in [-0.4, -0.2) is 34.9 Å². The zero-order valence-electron chi connectivity index (χ0n) is 21.2. The number of nitrogens with zero attached hydrogens (tertiary/aromatic N) is 2. The number of hydrogen-bond acceptors (Lipinski definition) is 4. The van der Waals surface area contributed by atoms with Crippen LogP contribution in [0.1, 0.15) is 89.1 Å². The van der Waals surface area contributed by atoms with Crippen LogP contribution in [0.25, 0.3) is 0 Å². The lowest BCUT2D eigenvalue weighted by Crippen LogP contribution is -2.53. The number of carbonyl (C=O) groups is 1. The summed E-state index contributed by atoms with van der Waals surface area (Å²) < 4.78 is 66.2. The zero-order chi connectivity index (χ0) is 26.6. The van der Waals surface area contributed by atoms with Gasteiger partial charge in [-0.25, -0.2) is 8.42 Å². The molecular formula is C25H34F3N3O3S. The van der Waals surface area contributed by atoms with Crippen LogP contribution in [0, 0.1) is 5.92 Å². The Hall–Kier alpha value is -2.36. The highest BCUT2D eigenvalue weighted by atomic mass is 32.2. The molecule has 1 saturated carbocycles. The first-order valence-corrected chi connectivity index (χ1v) is 13.2. The third-order valence-corrected chi connectivity index (χ3v) is 9.44. The van der Waals surface area contributed by atoms with E-state index >= 15 is 0 Å². The van der Waals surface area contributed by atoms with Crippen molar-refractivity contribution in [1.82, 2.24) is 15.1 Å². The van der Waals surface area contributed by atoms with E-state index in [0.29, 0.717) is 24.6 Å². The topological polar surface area (TPSA) is 81.1 Å². The van der Waals surface area contributed by atoms with Crippen molar-refractivity contribution < 1.29 is 26.4 Å². The number of rotatable bonds is 6. The number of aromatic nitrogens is 2. The van der Waals surface area contributed by atoms with E-state index in [1.807, 2.05) is 34.6 Å². The molecule has 0 aliphatic heterocycles. The first-order chi connectivity index (χ1) is 15.9. The molecule has 6 nitrogen and oxygen atoms in total. The minimum atomic E-state index is -4.63. The van der Waals surface area contributed by atoms with Crippen LogP contribution in [0.5, 0.6) is 0 Å². The predicted octanol–water partition coefficient (Wildman–Crippen LogP) is 5.54. The molecule has 1 aliphatic carbocycles. The molecule has 3 rings (SSSR count). The lowest BCUT2D eigenvalue weighted by Gasteiger charge is -2.45. The molecule has 1 heterocycles. The Bertz CT molecular complexity index is 1200. The average Bonchev–Trinajstić information content (AvgIpc) is 3.16. The van der Waals surface area contributed by atoms with Gasteiger partial charge in [0.1, 0.15) is 5.69 Å². The van der Waals surface area contributed by atoms with Crippen LogP contribution in [0.15, 0.2) is 35.2 Å². The monoisotopic (exact) mass is 513 g/mol. The molecule has 1 aromatic heterocycles. The van der Waals surface area contributed by atoms with Crippen molar-refractivity contribution >= 4 is 15.7 Å². The Morgan fingerprint density at radius 3 is 2.20 bits per heavy atom. The molecule has 194 valence electrons. The maximum Gasteiger partial charge on any atom is 0.416 e. The first-order valence-electron chi connectivity index (χ1n) is 11.7. The fourth-order valence-corrected chi connectivity index (χ4v) is 6.03. The molecule has 2 aromatic rings. The maximum atomic E-state index is 13.3. The van der Waals surface area contributed by atoms with Crippen LogP contribution >= 0.6 is 0 Å². The van der Waals surface area contributed by atoms with Gasteiger partial charge < -0.3 is 5.32 Å². The summed E-state index contributed by atoms with van der Waals surface area (Å²) in [5.74, 6) is -0.587. The Morgan fingerprint density at radius 2 is 1.69 bits per heavy atom. The summed E-state index contributed by atoms with van der Waals surface area (Å²) in [5.41, 5.74) is 0.0309. The second kappa shape index (κ2) is 8.94. The normalized spacial score (nSPS) is 19.5. The molecule has 0 radical (unpaired) electrons. The molecule has 1 amide bonds. The Labute approximate surface area is 205 Å². The SMILES string of the molecule is CC(C)n1nc(C(C)(C)C)cc1C(=O)N[C@H]1C[C@@H](C(C)(C)S(=O)(=O)c2cccc(C(F)(F)F)c2)C1. The minimum absolute atomic E-state index is 0.0162. The number of nitrogens with one attached hydrogen (secondary N) is 1. The van der Waals surface area contributed by atoms with Gasteiger partial charge in [-0.15, -0.1) is 0 Å². The van der Waals surface area contributed by atoms with Gasteiger partial charge in [-0.05, 0) is 70.7 Å². The van der Waals surface area contributed by atoms with Crippen molar-refractivity contribution in [3.63, 3.8) is 0 Å². The largest absolute Gasteiger partial charge is 0.416 e. The molecule has 10 heteroatoms. The summed E-state index contributed by atoms with van der Waals surface area (Å²) in [6.07, 6.45) is -3.80. The number of benzene rings is 1. The summed E-state index contributed by atoms with van der Waals surface area (Å²) in [6.45, 7) is 13.0. The lowest BCUT2D eigenvalue weighted by molar-refractivity contribution is -0.137. The number of hydrogen-bond donors (Lipinski definition) is 1. The van der Waals surface area contributed by atoms with Gasteiger partial charge in [-0.2, -0.15) is 18.3 Å². The summed E-state index contributed by atoms with van der Waals surface area (Å²) in [7, 11) is -4.04. The number of amides is 1. The summed E-state index contributed by atoms with van der Waals surface area (Å²) in [5, 5.41) is 7.57. The molecule has 0 atom stereocenters. The van der Waals surface area contributed by atoms with E-state index in [1.165, 1.54) is 19.9 Å².